The first-order valence-corrected chi connectivity index (χ1v) is 10.6. The molecule has 3 heterocycles. The molecule has 154 valence electrons. The number of hydrogen-bond acceptors (Lipinski definition) is 6. The molecule has 2 aliphatic rings. The second-order valence-corrected chi connectivity index (χ2v) is 8.64. The number of rotatable bonds is 0. The maximum absolute atomic E-state index is 15.7. The lowest BCUT2D eigenvalue weighted by molar-refractivity contribution is 0.102. The molecule has 5 rings (SSSR count). The molecule has 3 aromatic rings. The van der Waals surface area contributed by atoms with Crippen molar-refractivity contribution in [2.24, 2.45) is 0 Å². The van der Waals surface area contributed by atoms with Gasteiger partial charge < -0.3 is 11.1 Å². The Morgan fingerprint density at radius 1 is 1.27 bits per heavy atom. The molecular formula is C21H19F2N5OS. The number of nitrogens with two attached hydrogens (primary N) is 1. The van der Waals surface area contributed by atoms with E-state index in [4.69, 9.17) is 5.73 Å². The number of benzene rings is 1. The number of halogens is 2. The zero-order valence-electron chi connectivity index (χ0n) is 15.9. The number of thiazole rings is 1. The molecule has 0 spiro atoms. The fourth-order valence-electron chi connectivity index (χ4n) is 4.40. The number of aromatic nitrogens is 2. The molecule has 1 aliphatic carbocycles. The fraction of sp³-hybridized carbons (Fsp3) is 0.286. The van der Waals surface area contributed by atoms with Crippen LogP contribution < -0.4 is 16.2 Å². The molecule has 6 nitrogen and oxygen atoms in total. The van der Waals surface area contributed by atoms with Crippen LogP contribution in [0.2, 0.25) is 0 Å². The summed E-state index contributed by atoms with van der Waals surface area (Å²) >= 11 is 0.965. The van der Waals surface area contributed by atoms with E-state index in [1.54, 1.807) is 12.4 Å². The molecule has 1 aliphatic heterocycles. The van der Waals surface area contributed by atoms with E-state index in [1.165, 1.54) is 18.2 Å². The van der Waals surface area contributed by atoms with Crippen LogP contribution in [0.3, 0.4) is 0 Å². The van der Waals surface area contributed by atoms with E-state index in [0.29, 0.717) is 23.7 Å². The van der Waals surface area contributed by atoms with Crippen molar-refractivity contribution >= 4 is 33.6 Å². The van der Waals surface area contributed by atoms with Crippen LogP contribution in [0.25, 0.3) is 10.6 Å². The summed E-state index contributed by atoms with van der Waals surface area (Å²) in [5.41, 5.74) is 7.63. The predicted molar refractivity (Wildman–Crippen MR) is 113 cm³/mol. The first kappa shape index (κ1) is 18.9. The van der Waals surface area contributed by atoms with Gasteiger partial charge in [-0.25, -0.2) is 14.5 Å². The zero-order valence-corrected chi connectivity index (χ0v) is 16.8. The first-order valence-electron chi connectivity index (χ1n) is 9.78. The zero-order chi connectivity index (χ0) is 20.8. The number of carbonyl (C=O) groups is 1. The summed E-state index contributed by atoms with van der Waals surface area (Å²) in [5, 5.41) is 3.83. The first-order chi connectivity index (χ1) is 14.5. The van der Waals surface area contributed by atoms with Crippen molar-refractivity contribution < 1.29 is 13.7 Å². The van der Waals surface area contributed by atoms with Crippen LogP contribution in [-0.4, -0.2) is 21.9 Å². The molecule has 3 N–H and O–H groups in total. The highest BCUT2D eigenvalue weighted by Crippen LogP contribution is 2.44. The molecule has 1 amide bonds. The maximum Gasteiger partial charge on any atom is 0.277 e. The second kappa shape index (κ2) is 7.32. The van der Waals surface area contributed by atoms with Gasteiger partial charge in [0.25, 0.3) is 5.91 Å². The van der Waals surface area contributed by atoms with Crippen molar-refractivity contribution in [1.29, 1.82) is 0 Å². The number of anilines is 3. The molecular weight excluding hydrogens is 408 g/mol. The van der Waals surface area contributed by atoms with E-state index in [1.807, 2.05) is 6.07 Å². The van der Waals surface area contributed by atoms with E-state index in [0.717, 1.165) is 29.7 Å². The summed E-state index contributed by atoms with van der Waals surface area (Å²) in [4.78, 5) is 21.3. The summed E-state index contributed by atoms with van der Waals surface area (Å²) in [6, 6.07) is 5.71. The van der Waals surface area contributed by atoms with Crippen LogP contribution in [0.1, 0.15) is 47.7 Å². The van der Waals surface area contributed by atoms with Crippen molar-refractivity contribution in [2.45, 2.75) is 37.6 Å². The molecule has 1 fully saturated rings. The van der Waals surface area contributed by atoms with Crippen LogP contribution in [0.15, 0.2) is 36.7 Å². The van der Waals surface area contributed by atoms with E-state index >= 15 is 4.48 Å². The van der Waals surface area contributed by atoms with Gasteiger partial charge in [-0.2, -0.15) is 0 Å². The van der Waals surface area contributed by atoms with Crippen molar-refractivity contribution in [2.75, 3.05) is 16.2 Å². The van der Waals surface area contributed by atoms with E-state index in [2.05, 4.69) is 15.3 Å². The predicted octanol–water partition coefficient (Wildman–Crippen LogP) is 4.91. The summed E-state index contributed by atoms with van der Waals surface area (Å²) in [5.74, 6) is -1.06. The van der Waals surface area contributed by atoms with Crippen molar-refractivity contribution in [3.63, 3.8) is 0 Å². The molecule has 1 saturated carbocycles. The highest BCUT2D eigenvalue weighted by Gasteiger charge is 2.33. The molecule has 0 radical (unpaired) electrons. The minimum Gasteiger partial charge on any atom is -0.389 e. The normalized spacial score (nSPS) is 20.9. The standard InChI is InChI=1S/C21H19F2N5OS/c22-14-5-2-6-16-17(14)21-27-18(19(24)30-21)20(29)26-15-10-25-8-7-13(15)11-3-1-4-12(9-11)28(16)23/h2,5-8,10-12H,1,3-4,9,24H2,(H,26,29)/t11-,12+/m1/s1. The van der Waals surface area contributed by atoms with Crippen LogP contribution in [0.5, 0.6) is 0 Å². The third-order valence-electron chi connectivity index (χ3n) is 5.81. The van der Waals surface area contributed by atoms with Gasteiger partial charge in [-0.15, -0.1) is 0 Å². The lowest BCUT2D eigenvalue weighted by Crippen LogP contribution is -2.33. The van der Waals surface area contributed by atoms with Gasteiger partial charge in [0.15, 0.2) is 5.69 Å². The Balaban J connectivity index is 1.72. The average molecular weight is 427 g/mol. The van der Waals surface area contributed by atoms with Gasteiger partial charge >= 0.3 is 0 Å². The number of hydrogen-bond donors (Lipinski definition) is 2. The number of nitrogens with one attached hydrogen (secondary N) is 1. The van der Waals surface area contributed by atoms with Gasteiger partial charge in [0.1, 0.15) is 15.8 Å². The maximum atomic E-state index is 15.7. The molecule has 2 aromatic heterocycles. The smallest absolute Gasteiger partial charge is 0.277 e. The third kappa shape index (κ3) is 3.09. The number of nitrogen functional groups attached to an aromatic ring is 1. The monoisotopic (exact) mass is 427 g/mol. The fourth-order valence-corrected chi connectivity index (χ4v) is 5.28. The molecule has 30 heavy (non-hydrogen) atoms. The quantitative estimate of drug-likeness (QED) is 0.498. The highest BCUT2D eigenvalue weighted by atomic mass is 32.1. The largest absolute Gasteiger partial charge is 0.389 e. The molecule has 0 unspecified atom stereocenters. The minimum atomic E-state index is -0.606. The van der Waals surface area contributed by atoms with Gasteiger partial charge in [0.2, 0.25) is 0 Å². The van der Waals surface area contributed by atoms with Gasteiger partial charge in [0.05, 0.1) is 29.2 Å². The van der Waals surface area contributed by atoms with Crippen molar-refractivity contribution in [3.8, 4) is 10.6 Å². The van der Waals surface area contributed by atoms with Crippen LogP contribution in [-0.2, 0) is 0 Å². The summed E-state index contributed by atoms with van der Waals surface area (Å²) < 4.78 is 30.5. The Hall–Kier alpha value is -3.07. The van der Waals surface area contributed by atoms with Gasteiger partial charge in [-0.05, 0) is 48.9 Å². The van der Waals surface area contributed by atoms with Crippen LogP contribution in [0.4, 0.5) is 25.2 Å². The van der Waals surface area contributed by atoms with E-state index < -0.39 is 17.8 Å². The number of nitrogens with zero attached hydrogens (tertiary/aromatic N) is 3. The van der Waals surface area contributed by atoms with E-state index in [9.17, 15) is 9.18 Å². The minimum absolute atomic E-state index is 0.00775. The lowest BCUT2D eigenvalue weighted by Gasteiger charge is -2.34. The average Bonchev–Trinajstić information content (AvgIpc) is 3.14. The van der Waals surface area contributed by atoms with Gasteiger partial charge in [0, 0.05) is 6.20 Å². The molecule has 9 heteroatoms. The topological polar surface area (TPSA) is 84.1 Å². The Morgan fingerprint density at radius 2 is 2.13 bits per heavy atom. The SMILES string of the molecule is Nc1sc2nc1C(=O)Nc1cnccc1[C@@H]1CCC[C@@H](C1)N(F)c1cccc(F)c1-2. The second-order valence-electron chi connectivity index (χ2n) is 7.61. The lowest BCUT2D eigenvalue weighted by atomic mass is 9.80. The van der Waals surface area contributed by atoms with Crippen LogP contribution >= 0.6 is 11.3 Å². The summed E-state index contributed by atoms with van der Waals surface area (Å²) in [7, 11) is 0. The van der Waals surface area contributed by atoms with Gasteiger partial charge in [-0.1, -0.05) is 28.3 Å². The number of carbonyl (C=O) groups excluding carboxylic acids is 1. The Kier molecular flexibility index (Phi) is 4.62. The van der Waals surface area contributed by atoms with E-state index in [-0.39, 0.29) is 32.9 Å². The summed E-state index contributed by atoms with van der Waals surface area (Å²) in [6.07, 6.45) is 6.14. The molecule has 1 aromatic carbocycles. The third-order valence-corrected chi connectivity index (χ3v) is 6.72. The number of fused-ring (bicyclic) bond motifs is 8. The number of pyridine rings is 1. The number of amides is 1. The Morgan fingerprint density at radius 3 is 3.00 bits per heavy atom. The molecule has 2 atom stereocenters. The van der Waals surface area contributed by atoms with Crippen molar-refractivity contribution in [1.82, 2.24) is 9.97 Å². The Bertz CT molecular complexity index is 1130. The van der Waals surface area contributed by atoms with Crippen molar-refractivity contribution in [3.05, 3.63) is 53.7 Å². The molecule has 4 bridgehead atoms. The highest BCUT2D eigenvalue weighted by molar-refractivity contribution is 7.19. The summed E-state index contributed by atoms with van der Waals surface area (Å²) in [6.45, 7) is 0. The van der Waals surface area contributed by atoms with Crippen LogP contribution in [0, 0.1) is 5.82 Å². The Labute approximate surface area is 175 Å². The van der Waals surface area contributed by atoms with Gasteiger partial charge in [-0.3, -0.25) is 9.78 Å². The molecule has 0 saturated heterocycles.